The molecule has 22 heavy (non-hydrogen) atoms. The molecule has 2 aromatic carbocycles. The number of para-hydroxylation sites is 2. The van der Waals surface area contributed by atoms with Crippen LogP contribution in [-0.4, -0.2) is 11.9 Å². The molecular formula is C17H18Cl2N2O. The van der Waals surface area contributed by atoms with Gasteiger partial charge in [0.1, 0.15) is 0 Å². The van der Waals surface area contributed by atoms with Crippen molar-refractivity contribution in [1.29, 1.82) is 0 Å². The van der Waals surface area contributed by atoms with Gasteiger partial charge in [-0.2, -0.15) is 0 Å². The average Bonchev–Trinajstić information content (AvgIpc) is 2.44. The Kier molecular flexibility index (Phi) is 5.69. The van der Waals surface area contributed by atoms with Crippen molar-refractivity contribution in [2.75, 3.05) is 5.32 Å². The summed E-state index contributed by atoms with van der Waals surface area (Å²) >= 11 is 12.4. The molecular weight excluding hydrogens is 319 g/mol. The van der Waals surface area contributed by atoms with Gasteiger partial charge >= 0.3 is 0 Å². The summed E-state index contributed by atoms with van der Waals surface area (Å²) in [5.41, 5.74) is 2.34. The van der Waals surface area contributed by atoms with Crippen molar-refractivity contribution in [2.24, 2.45) is 0 Å². The average molecular weight is 337 g/mol. The molecule has 0 spiro atoms. The number of carbonyl (C=O) groups excluding carboxylic acids is 1. The van der Waals surface area contributed by atoms with Crippen molar-refractivity contribution in [3.05, 3.63) is 58.1 Å². The zero-order valence-electron chi connectivity index (χ0n) is 12.5. The van der Waals surface area contributed by atoms with E-state index in [0.717, 1.165) is 11.3 Å². The number of benzene rings is 2. The first kappa shape index (κ1) is 16.7. The van der Waals surface area contributed by atoms with E-state index in [2.05, 4.69) is 10.6 Å². The topological polar surface area (TPSA) is 41.1 Å². The number of nitrogens with one attached hydrogen (secondary N) is 2. The summed E-state index contributed by atoms with van der Waals surface area (Å²) in [7, 11) is 0. The Balaban J connectivity index is 2.23. The van der Waals surface area contributed by atoms with Gasteiger partial charge in [-0.3, -0.25) is 4.79 Å². The molecule has 0 atom stereocenters. The highest BCUT2D eigenvalue weighted by Crippen LogP contribution is 2.33. The molecule has 0 unspecified atom stereocenters. The van der Waals surface area contributed by atoms with E-state index in [0.29, 0.717) is 22.2 Å². The quantitative estimate of drug-likeness (QED) is 0.822. The van der Waals surface area contributed by atoms with Crippen molar-refractivity contribution in [3.8, 4) is 0 Å². The predicted molar refractivity (Wildman–Crippen MR) is 93.2 cm³/mol. The molecule has 5 heteroatoms. The first-order valence-electron chi connectivity index (χ1n) is 7.05. The first-order valence-corrected chi connectivity index (χ1v) is 7.81. The Morgan fingerprint density at radius 3 is 2.32 bits per heavy atom. The molecule has 2 aromatic rings. The molecule has 0 bridgehead atoms. The van der Waals surface area contributed by atoms with E-state index in [1.165, 1.54) is 0 Å². The second-order valence-electron chi connectivity index (χ2n) is 5.28. The van der Waals surface area contributed by atoms with Crippen LogP contribution in [0.25, 0.3) is 0 Å². The van der Waals surface area contributed by atoms with Crippen LogP contribution in [0.2, 0.25) is 10.0 Å². The van der Waals surface area contributed by atoms with E-state index in [1.807, 2.05) is 38.1 Å². The lowest BCUT2D eigenvalue weighted by Crippen LogP contribution is -2.31. The summed E-state index contributed by atoms with van der Waals surface area (Å²) in [6.07, 6.45) is 0.295. The summed E-state index contributed by atoms with van der Waals surface area (Å²) in [5.74, 6) is -0.0190. The summed E-state index contributed by atoms with van der Waals surface area (Å²) in [5, 5.41) is 7.18. The van der Waals surface area contributed by atoms with Crippen LogP contribution in [-0.2, 0) is 11.2 Å². The van der Waals surface area contributed by atoms with Gasteiger partial charge in [0.15, 0.2) is 0 Å². The maximum absolute atomic E-state index is 12.0. The smallest absolute Gasteiger partial charge is 0.224 e. The highest BCUT2D eigenvalue weighted by Gasteiger charge is 2.11. The van der Waals surface area contributed by atoms with Gasteiger partial charge in [0.25, 0.3) is 0 Å². The standard InChI is InChI=1S/C17H18Cl2N2O/c1-11(2)20-16(22)10-12-6-3-4-9-15(12)21-17-13(18)7-5-8-14(17)19/h3-9,11,21H,10H2,1-2H3,(H,20,22). The lowest BCUT2D eigenvalue weighted by atomic mass is 10.1. The van der Waals surface area contributed by atoms with E-state index in [-0.39, 0.29) is 11.9 Å². The molecule has 0 heterocycles. The summed E-state index contributed by atoms with van der Waals surface area (Å²) in [4.78, 5) is 12.0. The zero-order chi connectivity index (χ0) is 16.1. The second-order valence-corrected chi connectivity index (χ2v) is 6.09. The van der Waals surface area contributed by atoms with E-state index < -0.39 is 0 Å². The number of amides is 1. The van der Waals surface area contributed by atoms with Crippen LogP contribution >= 0.6 is 23.2 Å². The Hall–Kier alpha value is -1.71. The number of hydrogen-bond acceptors (Lipinski definition) is 2. The van der Waals surface area contributed by atoms with Gasteiger partial charge in [0, 0.05) is 11.7 Å². The van der Waals surface area contributed by atoms with E-state index >= 15 is 0 Å². The minimum atomic E-state index is -0.0190. The molecule has 116 valence electrons. The molecule has 0 radical (unpaired) electrons. The van der Waals surface area contributed by atoms with E-state index in [9.17, 15) is 4.79 Å². The molecule has 0 aliphatic heterocycles. The molecule has 0 saturated carbocycles. The van der Waals surface area contributed by atoms with Gasteiger partial charge < -0.3 is 10.6 Å². The lowest BCUT2D eigenvalue weighted by Gasteiger charge is -2.15. The predicted octanol–water partition coefficient (Wildman–Crippen LogP) is 4.80. The highest BCUT2D eigenvalue weighted by atomic mass is 35.5. The molecule has 0 aliphatic rings. The van der Waals surface area contributed by atoms with Crippen molar-refractivity contribution in [2.45, 2.75) is 26.3 Å². The number of hydrogen-bond donors (Lipinski definition) is 2. The van der Waals surface area contributed by atoms with Gasteiger partial charge in [-0.15, -0.1) is 0 Å². The van der Waals surface area contributed by atoms with Crippen LogP contribution in [0, 0.1) is 0 Å². The molecule has 0 aliphatic carbocycles. The Labute approximate surface area is 140 Å². The maximum Gasteiger partial charge on any atom is 0.224 e. The molecule has 1 amide bonds. The van der Waals surface area contributed by atoms with Crippen molar-refractivity contribution in [3.63, 3.8) is 0 Å². The molecule has 0 fully saturated rings. The van der Waals surface area contributed by atoms with E-state index in [1.54, 1.807) is 18.2 Å². The molecule has 2 rings (SSSR count). The minimum Gasteiger partial charge on any atom is -0.354 e. The third-order valence-corrected chi connectivity index (χ3v) is 3.67. The lowest BCUT2D eigenvalue weighted by molar-refractivity contribution is -0.120. The largest absolute Gasteiger partial charge is 0.354 e. The van der Waals surface area contributed by atoms with Crippen LogP contribution in [0.1, 0.15) is 19.4 Å². The van der Waals surface area contributed by atoms with Crippen LogP contribution in [0.3, 0.4) is 0 Å². The van der Waals surface area contributed by atoms with Gasteiger partial charge in [-0.1, -0.05) is 47.5 Å². The van der Waals surface area contributed by atoms with E-state index in [4.69, 9.17) is 23.2 Å². The molecule has 2 N–H and O–H groups in total. The van der Waals surface area contributed by atoms with Crippen molar-refractivity contribution < 1.29 is 4.79 Å². The van der Waals surface area contributed by atoms with Crippen LogP contribution in [0.5, 0.6) is 0 Å². The summed E-state index contributed by atoms with van der Waals surface area (Å²) < 4.78 is 0. The number of halogens is 2. The fraction of sp³-hybridized carbons (Fsp3) is 0.235. The monoisotopic (exact) mass is 336 g/mol. The van der Waals surface area contributed by atoms with Crippen molar-refractivity contribution in [1.82, 2.24) is 5.32 Å². The van der Waals surface area contributed by atoms with Crippen LogP contribution in [0.4, 0.5) is 11.4 Å². The minimum absolute atomic E-state index is 0.0190. The Morgan fingerprint density at radius 1 is 1.05 bits per heavy atom. The van der Waals surface area contributed by atoms with Crippen LogP contribution < -0.4 is 10.6 Å². The number of anilines is 2. The zero-order valence-corrected chi connectivity index (χ0v) is 14.0. The fourth-order valence-corrected chi connectivity index (χ4v) is 2.59. The third-order valence-electron chi connectivity index (χ3n) is 3.04. The van der Waals surface area contributed by atoms with Crippen molar-refractivity contribution >= 4 is 40.5 Å². The SMILES string of the molecule is CC(C)NC(=O)Cc1ccccc1Nc1c(Cl)cccc1Cl. The first-order chi connectivity index (χ1) is 10.5. The Bertz CT molecular complexity index is 651. The summed E-state index contributed by atoms with van der Waals surface area (Å²) in [6.45, 7) is 3.87. The number of carbonyl (C=O) groups is 1. The molecule has 0 aromatic heterocycles. The fourth-order valence-electron chi connectivity index (χ4n) is 2.09. The van der Waals surface area contributed by atoms with Gasteiger partial charge in [0.05, 0.1) is 22.2 Å². The summed E-state index contributed by atoms with van der Waals surface area (Å²) in [6, 6.07) is 13.1. The molecule has 0 saturated heterocycles. The normalized spacial score (nSPS) is 10.6. The van der Waals surface area contributed by atoms with Gasteiger partial charge in [-0.05, 0) is 37.6 Å². The van der Waals surface area contributed by atoms with Crippen LogP contribution in [0.15, 0.2) is 42.5 Å². The van der Waals surface area contributed by atoms with Gasteiger partial charge in [0.2, 0.25) is 5.91 Å². The Morgan fingerprint density at radius 2 is 1.68 bits per heavy atom. The number of rotatable bonds is 5. The van der Waals surface area contributed by atoms with Gasteiger partial charge in [-0.25, -0.2) is 0 Å². The maximum atomic E-state index is 12.0. The second kappa shape index (κ2) is 7.52. The third kappa shape index (κ3) is 4.39. The molecule has 3 nitrogen and oxygen atoms in total. The highest BCUT2D eigenvalue weighted by molar-refractivity contribution is 6.39.